The summed E-state index contributed by atoms with van der Waals surface area (Å²) in [7, 11) is -2.57. The van der Waals surface area contributed by atoms with Crippen LogP contribution in [0, 0.1) is 0 Å². The topological polar surface area (TPSA) is 213 Å². The minimum Gasteiger partial charge on any atom is -0.481 e. The van der Waals surface area contributed by atoms with Crippen LogP contribution in [0.3, 0.4) is 0 Å². The van der Waals surface area contributed by atoms with Crippen molar-refractivity contribution in [3.05, 3.63) is 40.8 Å². The quantitative estimate of drug-likeness (QED) is 0.228. The van der Waals surface area contributed by atoms with Crippen LogP contribution in [0.15, 0.2) is 40.0 Å². The van der Waals surface area contributed by atoms with Crippen molar-refractivity contribution in [2.75, 3.05) is 11.5 Å². The molecule has 1 heterocycles. The number of nitrogens with zero attached hydrogens (tertiary/aromatic N) is 4. The van der Waals surface area contributed by atoms with Crippen LogP contribution >= 0.6 is 11.8 Å². The molecule has 1 aromatic heterocycles. The van der Waals surface area contributed by atoms with Gasteiger partial charge in [0.25, 0.3) is 0 Å². The zero-order valence-corrected chi connectivity index (χ0v) is 22.5. The highest BCUT2D eigenvalue weighted by molar-refractivity contribution is 8.00. The summed E-state index contributed by atoms with van der Waals surface area (Å²) in [6, 6.07) is 5.50. The number of thioether (sulfide) groups is 1. The van der Waals surface area contributed by atoms with Gasteiger partial charge in [0.15, 0.2) is 15.6 Å². The molecule has 14 nitrogen and oxygen atoms in total. The number of nitrogens with two attached hydrogens (primary N) is 1. The van der Waals surface area contributed by atoms with E-state index >= 15 is 0 Å². The van der Waals surface area contributed by atoms with Crippen LogP contribution in [-0.4, -0.2) is 80.3 Å². The molecule has 38 heavy (non-hydrogen) atoms. The molecule has 4 N–H and O–H groups in total. The summed E-state index contributed by atoms with van der Waals surface area (Å²) in [6.07, 6.45) is -0.979. The highest BCUT2D eigenvalue weighted by Crippen LogP contribution is 2.26. The van der Waals surface area contributed by atoms with Gasteiger partial charge in [0, 0.05) is 25.6 Å². The highest BCUT2D eigenvalue weighted by atomic mass is 32.2. The SMILES string of the molecule is CC(=O)[C@@H](N)CCC(=O)N[C@@H](CSC(CS(=O)(=O)c1ccccc1)n1nnn(C)c1=O)C(=O)CCC(=O)O. The maximum atomic E-state index is 13.0. The molecule has 3 atom stereocenters. The molecule has 0 aliphatic heterocycles. The maximum absolute atomic E-state index is 13.0. The van der Waals surface area contributed by atoms with E-state index in [9.17, 15) is 32.4 Å². The molecule has 1 aromatic carbocycles. The fraction of sp³-hybridized carbons (Fsp3) is 0.500. The largest absolute Gasteiger partial charge is 0.481 e. The Morgan fingerprint density at radius 2 is 1.76 bits per heavy atom. The number of nitrogens with one attached hydrogen (secondary N) is 1. The number of aryl methyl sites for hydroxylation is 1. The van der Waals surface area contributed by atoms with Gasteiger partial charge in [-0.05, 0) is 35.9 Å². The summed E-state index contributed by atoms with van der Waals surface area (Å²) < 4.78 is 27.9. The van der Waals surface area contributed by atoms with Gasteiger partial charge in [-0.3, -0.25) is 19.2 Å². The van der Waals surface area contributed by atoms with E-state index in [0.29, 0.717) is 0 Å². The predicted molar refractivity (Wildman–Crippen MR) is 137 cm³/mol. The van der Waals surface area contributed by atoms with Gasteiger partial charge in [-0.2, -0.15) is 9.36 Å². The van der Waals surface area contributed by atoms with E-state index in [2.05, 4.69) is 15.7 Å². The van der Waals surface area contributed by atoms with Gasteiger partial charge in [0.2, 0.25) is 5.91 Å². The molecule has 16 heteroatoms. The molecule has 0 saturated carbocycles. The lowest BCUT2D eigenvalue weighted by atomic mass is 10.1. The number of aromatic nitrogens is 4. The van der Waals surface area contributed by atoms with E-state index in [1.165, 1.54) is 26.1 Å². The number of aliphatic carboxylic acids is 1. The fourth-order valence-electron chi connectivity index (χ4n) is 3.19. The van der Waals surface area contributed by atoms with E-state index in [-0.39, 0.29) is 35.7 Å². The van der Waals surface area contributed by atoms with Crippen LogP contribution in [0.5, 0.6) is 0 Å². The minimum atomic E-state index is -3.91. The van der Waals surface area contributed by atoms with Crippen molar-refractivity contribution in [1.29, 1.82) is 0 Å². The average molecular weight is 571 g/mol. The maximum Gasteiger partial charge on any atom is 0.364 e. The molecule has 0 bridgehead atoms. The van der Waals surface area contributed by atoms with Crippen LogP contribution in [0.1, 0.15) is 38.0 Å². The Bertz CT molecular complexity index is 1310. The number of hydrogen-bond donors (Lipinski definition) is 3. The van der Waals surface area contributed by atoms with Crippen molar-refractivity contribution in [3.8, 4) is 0 Å². The number of benzene rings is 1. The van der Waals surface area contributed by atoms with Crippen molar-refractivity contribution in [3.63, 3.8) is 0 Å². The Hall–Kier alpha value is -3.37. The second-order valence-corrected chi connectivity index (χ2v) is 11.7. The lowest BCUT2D eigenvalue weighted by Gasteiger charge is -2.21. The van der Waals surface area contributed by atoms with Crippen molar-refractivity contribution in [1.82, 2.24) is 25.1 Å². The van der Waals surface area contributed by atoms with Gasteiger partial charge in [-0.15, -0.1) is 11.8 Å². The van der Waals surface area contributed by atoms with E-state index in [1.807, 2.05) is 0 Å². The first-order valence-electron chi connectivity index (χ1n) is 11.5. The number of hydrogen-bond acceptors (Lipinski definition) is 11. The summed E-state index contributed by atoms with van der Waals surface area (Å²) in [5.74, 6) is -3.47. The van der Waals surface area contributed by atoms with Crippen LogP contribution in [-0.2, 0) is 36.1 Å². The predicted octanol–water partition coefficient (Wildman–Crippen LogP) is -0.702. The zero-order valence-electron chi connectivity index (χ0n) is 20.8. The Morgan fingerprint density at radius 3 is 2.32 bits per heavy atom. The number of Topliss-reactive ketones (excluding diaryl/α,β-unsaturated/α-hetero) is 2. The molecule has 1 unspecified atom stereocenters. The second kappa shape index (κ2) is 14.0. The first-order chi connectivity index (χ1) is 17.8. The summed E-state index contributed by atoms with van der Waals surface area (Å²) >= 11 is 0.872. The smallest absolute Gasteiger partial charge is 0.364 e. The first kappa shape index (κ1) is 30.9. The Balaban J connectivity index is 2.26. The molecule has 0 radical (unpaired) electrons. The molecule has 0 saturated heterocycles. The molecule has 0 spiro atoms. The summed E-state index contributed by atoms with van der Waals surface area (Å²) in [5.41, 5.74) is 4.96. The van der Waals surface area contributed by atoms with Crippen molar-refractivity contribution in [2.24, 2.45) is 12.8 Å². The van der Waals surface area contributed by atoms with Crippen molar-refractivity contribution in [2.45, 2.75) is 55.0 Å². The highest BCUT2D eigenvalue weighted by Gasteiger charge is 2.29. The Kier molecular flexibility index (Phi) is 11.3. The number of tetrazole rings is 1. The number of sulfone groups is 1. The zero-order chi connectivity index (χ0) is 28.5. The third kappa shape index (κ3) is 9.18. The summed E-state index contributed by atoms with van der Waals surface area (Å²) in [4.78, 5) is 60.1. The standard InChI is InChI=1S/C22H30N6O8S2/c1-14(29)16(23)8-10-19(31)24-17(18(30)9-11-21(32)33)12-37-20(28-22(34)27(2)25-26-28)13-38(35,36)15-6-4-3-5-7-15/h3-7,16-17,20H,8-13,23H2,1-2H3,(H,24,31)(H,32,33)/t16-,17-,20?/m0/s1. The molecule has 0 aliphatic carbocycles. The molecule has 2 rings (SSSR count). The monoisotopic (exact) mass is 570 g/mol. The average Bonchev–Trinajstić information content (AvgIpc) is 3.20. The molecular formula is C22H30N6O8S2. The van der Waals surface area contributed by atoms with Crippen LogP contribution < -0.4 is 16.7 Å². The minimum absolute atomic E-state index is 0.0201. The van der Waals surface area contributed by atoms with Crippen LogP contribution in [0.2, 0.25) is 0 Å². The third-order valence-corrected chi connectivity index (χ3v) is 8.68. The number of carboxylic acid groups (broad SMARTS) is 1. The van der Waals surface area contributed by atoms with Gasteiger partial charge in [0.1, 0.15) is 11.2 Å². The van der Waals surface area contributed by atoms with Gasteiger partial charge in [-0.1, -0.05) is 18.2 Å². The molecular weight excluding hydrogens is 540 g/mol. The molecule has 0 aliphatic rings. The van der Waals surface area contributed by atoms with E-state index in [1.54, 1.807) is 18.2 Å². The number of carbonyl (C=O) groups excluding carboxylic acids is 3. The van der Waals surface area contributed by atoms with Gasteiger partial charge >= 0.3 is 11.7 Å². The molecule has 2 aromatic rings. The van der Waals surface area contributed by atoms with Gasteiger partial charge in [-0.25, -0.2) is 13.2 Å². The van der Waals surface area contributed by atoms with Gasteiger partial charge in [0.05, 0.1) is 29.2 Å². The number of amides is 1. The first-order valence-corrected chi connectivity index (χ1v) is 14.2. The lowest BCUT2D eigenvalue weighted by Crippen LogP contribution is -2.44. The Morgan fingerprint density at radius 1 is 1.11 bits per heavy atom. The Labute approximate surface area is 222 Å². The van der Waals surface area contributed by atoms with Gasteiger partial charge < -0.3 is 16.2 Å². The van der Waals surface area contributed by atoms with E-state index < -0.39 is 62.8 Å². The normalized spacial score (nSPS) is 13.9. The fourth-order valence-corrected chi connectivity index (χ4v) is 6.35. The molecule has 208 valence electrons. The number of carboxylic acids is 1. The summed E-state index contributed by atoms with van der Waals surface area (Å²) in [5, 5.41) is 17.7. The second-order valence-electron chi connectivity index (χ2n) is 8.45. The van der Waals surface area contributed by atoms with Crippen molar-refractivity contribution < 1.29 is 32.7 Å². The molecule has 0 fully saturated rings. The lowest BCUT2D eigenvalue weighted by molar-refractivity contribution is -0.138. The van der Waals surface area contributed by atoms with Crippen LogP contribution in [0.25, 0.3) is 0 Å². The van der Waals surface area contributed by atoms with E-state index in [4.69, 9.17) is 10.8 Å². The summed E-state index contributed by atoms with van der Waals surface area (Å²) in [6.45, 7) is 1.29. The van der Waals surface area contributed by atoms with Crippen molar-refractivity contribution >= 4 is 45.0 Å². The van der Waals surface area contributed by atoms with Crippen LogP contribution in [0.4, 0.5) is 0 Å². The van der Waals surface area contributed by atoms with E-state index in [0.717, 1.165) is 21.1 Å². The molecule has 1 amide bonds. The number of carbonyl (C=O) groups is 4. The number of rotatable bonds is 16. The number of ketones is 2. The third-order valence-electron chi connectivity index (χ3n) is 5.45.